The molecule has 1 amide bonds. The van der Waals surface area contributed by atoms with Crippen molar-refractivity contribution in [2.75, 3.05) is 6.54 Å². The second-order valence-corrected chi connectivity index (χ2v) is 10.5. The van der Waals surface area contributed by atoms with E-state index in [1.807, 2.05) is 19.1 Å². The quantitative estimate of drug-likeness (QED) is 0.755. The van der Waals surface area contributed by atoms with Gasteiger partial charge in [0, 0.05) is 18.5 Å². The third kappa shape index (κ3) is 5.57. The lowest BCUT2D eigenvalue weighted by molar-refractivity contribution is -0.127. The number of hydrogen-bond donors (Lipinski definition) is 2. The summed E-state index contributed by atoms with van der Waals surface area (Å²) in [6, 6.07) is 7.24. The lowest BCUT2D eigenvalue weighted by Gasteiger charge is -2.33. The zero-order chi connectivity index (χ0) is 20.1. The van der Waals surface area contributed by atoms with Crippen molar-refractivity contribution in [1.29, 1.82) is 0 Å². The smallest absolute Gasteiger partial charge is 0.240 e. The number of aryl methyl sites for hydroxylation is 1. The molecule has 156 valence electrons. The normalized spacial score (nSPS) is 28.6. The van der Waals surface area contributed by atoms with Gasteiger partial charge in [-0.1, -0.05) is 37.5 Å². The van der Waals surface area contributed by atoms with Gasteiger partial charge in [-0.05, 0) is 69.4 Å². The number of amides is 1. The standard InChI is InChI=1S/C22H34N2O3S/c1-16-7-13-20(14-8-16)28(26,27)23-15-18-9-11-19(12-10-18)22(25)24-21-6-4-3-5-17(21)2/h7-8,13-14,17-19,21,23H,3-6,9-12,15H2,1-2H3,(H,24,25)/t17-,18?,19?,21-/m1/s1. The summed E-state index contributed by atoms with van der Waals surface area (Å²) in [6.07, 6.45) is 8.29. The van der Waals surface area contributed by atoms with Crippen molar-refractivity contribution in [2.45, 2.75) is 76.2 Å². The fourth-order valence-electron chi connectivity index (χ4n) is 4.49. The minimum absolute atomic E-state index is 0.0825. The highest BCUT2D eigenvalue weighted by Crippen LogP contribution is 2.30. The van der Waals surface area contributed by atoms with Gasteiger partial charge in [-0.3, -0.25) is 4.79 Å². The largest absolute Gasteiger partial charge is 0.353 e. The molecule has 5 nitrogen and oxygen atoms in total. The van der Waals surface area contributed by atoms with Gasteiger partial charge in [-0.25, -0.2) is 13.1 Å². The van der Waals surface area contributed by atoms with Crippen LogP contribution in [0.25, 0.3) is 0 Å². The van der Waals surface area contributed by atoms with E-state index in [1.54, 1.807) is 12.1 Å². The fourth-order valence-corrected chi connectivity index (χ4v) is 5.60. The van der Waals surface area contributed by atoms with Crippen LogP contribution in [0.1, 0.15) is 63.9 Å². The van der Waals surface area contributed by atoms with Crippen LogP contribution in [0, 0.1) is 24.7 Å². The summed E-state index contributed by atoms with van der Waals surface area (Å²) < 4.78 is 27.6. The van der Waals surface area contributed by atoms with Crippen molar-refractivity contribution in [1.82, 2.24) is 10.0 Å². The Morgan fingerprint density at radius 3 is 2.29 bits per heavy atom. The highest BCUT2D eigenvalue weighted by atomic mass is 32.2. The average molecular weight is 407 g/mol. The van der Waals surface area contributed by atoms with Gasteiger partial charge < -0.3 is 5.32 Å². The Morgan fingerprint density at radius 2 is 1.64 bits per heavy atom. The summed E-state index contributed by atoms with van der Waals surface area (Å²) in [5, 5.41) is 3.29. The predicted molar refractivity (Wildman–Crippen MR) is 111 cm³/mol. The Morgan fingerprint density at radius 1 is 1.00 bits per heavy atom. The van der Waals surface area contributed by atoms with Gasteiger partial charge in [-0.15, -0.1) is 0 Å². The second kappa shape index (κ2) is 9.40. The summed E-state index contributed by atoms with van der Waals surface area (Å²) in [4.78, 5) is 12.9. The first kappa shape index (κ1) is 21.3. The average Bonchev–Trinajstić information content (AvgIpc) is 2.69. The summed E-state index contributed by atoms with van der Waals surface area (Å²) in [7, 11) is -3.46. The zero-order valence-corrected chi connectivity index (χ0v) is 17.9. The first-order valence-electron chi connectivity index (χ1n) is 10.7. The third-order valence-electron chi connectivity index (χ3n) is 6.55. The number of carbonyl (C=O) groups is 1. The molecule has 2 aliphatic rings. The lowest BCUT2D eigenvalue weighted by Crippen LogP contribution is -2.44. The molecule has 2 saturated carbocycles. The van der Waals surface area contributed by atoms with E-state index in [1.165, 1.54) is 19.3 Å². The Bertz CT molecular complexity index is 752. The van der Waals surface area contributed by atoms with Gasteiger partial charge in [0.15, 0.2) is 0 Å². The summed E-state index contributed by atoms with van der Waals surface area (Å²) in [5.41, 5.74) is 1.04. The van der Waals surface area contributed by atoms with E-state index in [2.05, 4.69) is 17.0 Å². The lowest BCUT2D eigenvalue weighted by atomic mass is 9.80. The molecular formula is C22H34N2O3S. The molecule has 2 aliphatic carbocycles. The fraction of sp³-hybridized carbons (Fsp3) is 0.682. The van der Waals surface area contributed by atoms with E-state index in [0.29, 0.717) is 29.3 Å². The second-order valence-electron chi connectivity index (χ2n) is 8.76. The molecule has 3 rings (SSSR count). The third-order valence-corrected chi connectivity index (χ3v) is 7.99. The molecule has 0 saturated heterocycles. The van der Waals surface area contributed by atoms with Crippen molar-refractivity contribution in [3.63, 3.8) is 0 Å². The summed E-state index contributed by atoms with van der Waals surface area (Å²) in [6.45, 7) is 4.62. The molecular weight excluding hydrogens is 372 g/mol. The maximum absolute atomic E-state index is 12.6. The molecule has 0 heterocycles. The van der Waals surface area contributed by atoms with E-state index in [0.717, 1.165) is 37.7 Å². The molecule has 2 N–H and O–H groups in total. The first-order valence-corrected chi connectivity index (χ1v) is 12.2. The van der Waals surface area contributed by atoms with Crippen LogP contribution in [-0.4, -0.2) is 26.9 Å². The summed E-state index contributed by atoms with van der Waals surface area (Å²) in [5.74, 6) is 1.17. The highest BCUT2D eigenvalue weighted by Gasteiger charge is 2.30. The first-order chi connectivity index (χ1) is 13.3. The van der Waals surface area contributed by atoms with Crippen molar-refractivity contribution in [3.05, 3.63) is 29.8 Å². The summed E-state index contributed by atoms with van der Waals surface area (Å²) >= 11 is 0. The van der Waals surface area contributed by atoms with E-state index in [9.17, 15) is 13.2 Å². The molecule has 0 aromatic heterocycles. The van der Waals surface area contributed by atoms with Gasteiger partial charge in [-0.2, -0.15) is 0 Å². The Kier molecular flexibility index (Phi) is 7.15. The van der Waals surface area contributed by atoms with Gasteiger partial charge in [0.1, 0.15) is 0 Å². The molecule has 0 radical (unpaired) electrons. The van der Waals surface area contributed by atoms with Gasteiger partial charge in [0.05, 0.1) is 4.90 Å². The van der Waals surface area contributed by atoms with Crippen molar-refractivity contribution >= 4 is 15.9 Å². The molecule has 2 atom stereocenters. The number of hydrogen-bond acceptors (Lipinski definition) is 3. The van der Waals surface area contributed by atoms with Crippen LogP contribution in [0.4, 0.5) is 0 Å². The zero-order valence-electron chi connectivity index (χ0n) is 17.1. The number of carbonyl (C=O) groups excluding carboxylic acids is 1. The Balaban J connectivity index is 1.43. The number of sulfonamides is 1. The van der Waals surface area contributed by atoms with Crippen LogP contribution < -0.4 is 10.0 Å². The maximum atomic E-state index is 12.6. The molecule has 28 heavy (non-hydrogen) atoms. The van der Waals surface area contributed by atoms with E-state index < -0.39 is 10.0 Å². The molecule has 0 bridgehead atoms. The highest BCUT2D eigenvalue weighted by molar-refractivity contribution is 7.89. The van der Waals surface area contributed by atoms with Crippen LogP contribution in [0.2, 0.25) is 0 Å². The minimum Gasteiger partial charge on any atom is -0.353 e. The van der Waals surface area contributed by atoms with E-state index in [-0.39, 0.29) is 11.8 Å². The monoisotopic (exact) mass is 406 g/mol. The molecule has 6 heteroatoms. The number of nitrogens with one attached hydrogen (secondary N) is 2. The molecule has 0 unspecified atom stereocenters. The van der Waals surface area contributed by atoms with Crippen LogP contribution in [0.15, 0.2) is 29.2 Å². The predicted octanol–water partition coefficient (Wildman–Crippen LogP) is 3.77. The van der Waals surface area contributed by atoms with Crippen molar-refractivity contribution < 1.29 is 13.2 Å². The molecule has 0 aliphatic heterocycles. The van der Waals surface area contributed by atoms with Crippen molar-refractivity contribution in [3.8, 4) is 0 Å². The van der Waals surface area contributed by atoms with Crippen LogP contribution in [-0.2, 0) is 14.8 Å². The molecule has 2 fully saturated rings. The number of benzene rings is 1. The topological polar surface area (TPSA) is 75.3 Å². The maximum Gasteiger partial charge on any atom is 0.240 e. The molecule has 1 aromatic carbocycles. The number of rotatable bonds is 6. The minimum atomic E-state index is -3.46. The SMILES string of the molecule is Cc1ccc(S(=O)(=O)NCC2CCC(C(=O)N[C@@H]3CCCC[C@H]3C)CC2)cc1. The van der Waals surface area contributed by atoms with Crippen LogP contribution >= 0.6 is 0 Å². The Labute approximate surface area is 169 Å². The Hall–Kier alpha value is -1.40. The van der Waals surface area contributed by atoms with E-state index in [4.69, 9.17) is 0 Å². The van der Waals surface area contributed by atoms with E-state index >= 15 is 0 Å². The molecule has 0 spiro atoms. The molecule has 1 aromatic rings. The van der Waals surface area contributed by atoms with Gasteiger partial charge in [0.25, 0.3) is 0 Å². The van der Waals surface area contributed by atoms with Gasteiger partial charge in [0.2, 0.25) is 15.9 Å². The van der Waals surface area contributed by atoms with Crippen molar-refractivity contribution in [2.24, 2.45) is 17.8 Å². The van der Waals surface area contributed by atoms with Crippen LogP contribution in [0.3, 0.4) is 0 Å². The van der Waals surface area contributed by atoms with Gasteiger partial charge >= 0.3 is 0 Å². The van der Waals surface area contributed by atoms with Crippen LogP contribution in [0.5, 0.6) is 0 Å².